The molecular formula is C21H28N4O. The standard InChI is InChI=1S/C21H28N4O/c1-14-10-15(2)19(16(3)11-14)25-20(26)17-12-22-21(23-13-17)24-18-8-6-4-5-7-9-18/h10-13,18H,4-9H2,1-3H3,(H,25,26)(H,22,23,24). The number of aryl methyl sites for hydroxylation is 3. The highest BCUT2D eigenvalue weighted by molar-refractivity contribution is 6.04. The molecule has 1 aromatic carbocycles. The maximum absolute atomic E-state index is 12.5. The molecule has 1 saturated carbocycles. The van der Waals surface area contributed by atoms with Crippen LogP contribution in [0.15, 0.2) is 24.5 Å². The predicted octanol–water partition coefficient (Wildman–Crippen LogP) is 4.79. The van der Waals surface area contributed by atoms with Crippen LogP contribution in [0.25, 0.3) is 0 Å². The second kappa shape index (κ2) is 8.30. The molecule has 5 nitrogen and oxygen atoms in total. The Bertz CT molecular complexity index is 739. The molecule has 138 valence electrons. The SMILES string of the molecule is Cc1cc(C)c(NC(=O)c2cnc(NC3CCCCCC3)nc2)c(C)c1. The van der Waals surface area contributed by atoms with Gasteiger partial charge in [-0.2, -0.15) is 0 Å². The van der Waals surface area contributed by atoms with Crippen LogP contribution in [-0.4, -0.2) is 21.9 Å². The highest BCUT2D eigenvalue weighted by Crippen LogP contribution is 2.23. The van der Waals surface area contributed by atoms with Crippen LogP contribution in [0.3, 0.4) is 0 Å². The van der Waals surface area contributed by atoms with E-state index in [9.17, 15) is 4.79 Å². The van der Waals surface area contributed by atoms with E-state index >= 15 is 0 Å². The van der Waals surface area contributed by atoms with E-state index in [-0.39, 0.29) is 5.91 Å². The molecule has 1 aromatic heterocycles. The minimum Gasteiger partial charge on any atom is -0.351 e. The van der Waals surface area contributed by atoms with Crippen molar-refractivity contribution in [1.82, 2.24) is 9.97 Å². The molecule has 2 N–H and O–H groups in total. The van der Waals surface area contributed by atoms with Gasteiger partial charge in [0.1, 0.15) is 0 Å². The number of anilines is 2. The summed E-state index contributed by atoms with van der Waals surface area (Å²) in [6, 6.07) is 4.58. The molecule has 0 unspecified atom stereocenters. The number of hydrogen-bond acceptors (Lipinski definition) is 4. The van der Waals surface area contributed by atoms with Gasteiger partial charge in [0.2, 0.25) is 5.95 Å². The van der Waals surface area contributed by atoms with E-state index in [0.29, 0.717) is 17.6 Å². The van der Waals surface area contributed by atoms with Gasteiger partial charge < -0.3 is 10.6 Å². The lowest BCUT2D eigenvalue weighted by atomic mass is 10.0. The fourth-order valence-corrected chi connectivity index (χ4v) is 3.69. The van der Waals surface area contributed by atoms with Gasteiger partial charge in [-0.3, -0.25) is 4.79 Å². The number of amides is 1. The third-order valence-electron chi connectivity index (χ3n) is 5.02. The van der Waals surface area contributed by atoms with Crippen LogP contribution in [0.1, 0.15) is 65.6 Å². The molecule has 0 atom stereocenters. The summed E-state index contributed by atoms with van der Waals surface area (Å²) in [7, 11) is 0. The largest absolute Gasteiger partial charge is 0.351 e. The summed E-state index contributed by atoms with van der Waals surface area (Å²) < 4.78 is 0. The van der Waals surface area contributed by atoms with E-state index in [2.05, 4.69) is 39.7 Å². The molecule has 0 saturated heterocycles. The van der Waals surface area contributed by atoms with Crippen molar-refractivity contribution in [1.29, 1.82) is 0 Å². The first-order valence-electron chi connectivity index (χ1n) is 9.50. The molecule has 1 fully saturated rings. The lowest BCUT2D eigenvalue weighted by Gasteiger charge is -2.16. The van der Waals surface area contributed by atoms with Crippen LogP contribution in [0.2, 0.25) is 0 Å². The van der Waals surface area contributed by atoms with Crippen molar-refractivity contribution in [2.24, 2.45) is 0 Å². The Morgan fingerprint density at radius 1 is 0.962 bits per heavy atom. The maximum Gasteiger partial charge on any atom is 0.258 e. The number of carbonyl (C=O) groups excluding carboxylic acids is 1. The Balaban J connectivity index is 1.65. The smallest absolute Gasteiger partial charge is 0.258 e. The van der Waals surface area contributed by atoms with E-state index < -0.39 is 0 Å². The quantitative estimate of drug-likeness (QED) is 0.777. The molecule has 1 aliphatic rings. The summed E-state index contributed by atoms with van der Waals surface area (Å²) in [5.41, 5.74) is 4.64. The van der Waals surface area contributed by atoms with Gasteiger partial charge in [-0.1, -0.05) is 43.4 Å². The van der Waals surface area contributed by atoms with Gasteiger partial charge >= 0.3 is 0 Å². The minimum absolute atomic E-state index is 0.180. The van der Waals surface area contributed by atoms with E-state index in [1.807, 2.05) is 13.8 Å². The average molecular weight is 352 g/mol. The highest BCUT2D eigenvalue weighted by atomic mass is 16.1. The van der Waals surface area contributed by atoms with Crippen LogP contribution in [0.4, 0.5) is 11.6 Å². The molecule has 0 bridgehead atoms. The van der Waals surface area contributed by atoms with Gasteiger partial charge in [0.15, 0.2) is 0 Å². The lowest BCUT2D eigenvalue weighted by Crippen LogP contribution is -2.20. The zero-order valence-corrected chi connectivity index (χ0v) is 15.9. The van der Waals surface area contributed by atoms with E-state index in [1.54, 1.807) is 12.4 Å². The molecule has 1 heterocycles. The van der Waals surface area contributed by atoms with Crippen LogP contribution in [0.5, 0.6) is 0 Å². The van der Waals surface area contributed by atoms with Crippen molar-refractivity contribution >= 4 is 17.5 Å². The van der Waals surface area contributed by atoms with Crippen molar-refractivity contribution in [2.75, 3.05) is 10.6 Å². The van der Waals surface area contributed by atoms with Gasteiger partial charge in [-0.25, -0.2) is 9.97 Å². The lowest BCUT2D eigenvalue weighted by molar-refractivity contribution is 0.102. The van der Waals surface area contributed by atoms with Crippen LogP contribution < -0.4 is 10.6 Å². The summed E-state index contributed by atoms with van der Waals surface area (Å²) in [6.45, 7) is 6.07. The Labute approximate surface area is 155 Å². The molecule has 1 amide bonds. The Hall–Kier alpha value is -2.43. The number of nitrogens with one attached hydrogen (secondary N) is 2. The third kappa shape index (κ3) is 4.59. The van der Waals surface area contributed by atoms with E-state index in [0.717, 1.165) is 29.7 Å². The number of benzene rings is 1. The van der Waals surface area contributed by atoms with Gasteiger partial charge in [0.05, 0.1) is 5.56 Å². The molecule has 2 aromatic rings. The summed E-state index contributed by atoms with van der Waals surface area (Å²) in [5, 5.41) is 6.40. The van der Waals surface area contributed by atoms with Crippen LogP contribution >= 0.6 is 0 Å². The third-order valence-corrected chi connectivity index (χ3v) is 5.02. The Morgan fingerprint density at radius 3 is 2.12 bits per heavy atom. The predicted molar refractivity (Wildman–Crippen MR) is 106 cm³/mol. The van der Waals surface area contributed by atoms with E-state index in [1.165, 1.54) is 31.2 Å². The summed E-state index contributed by atoms with van der Waals surface area (Å²) in [4.78, 5) is 21.2. The molecular weight excluding hydrogens is 324 g/mol. The van der Waals surface area contributed by atoms with Crippen molar-refractivity contribution in [3.8, 4) is 0 Å². The second-order valence-corrected chi connectivity index (χ2v) is 7.36. The second-order valence-electron chi connectivity index (χ2n) is 7.36. The number of carbonyl (C=O) groups is 1. The normalized spacial score (nSPS) is 15.3. The van der Waals surface area contributed by atoms with E-state index in [4.69, 9.17) is 0 Å². The first kappa shape index (κ1) is 18.4. The zero-order valence-electron chi connectivity index (χ0n) is 15.9. The molecule has 0 spiro atoms. The molecule has 1 aliphatic carbocycles. The first-order valence-corrected chi connectivity index (χ1v) is 9.50. The maximum atomic E-state index is 12.5. The topological polar surface area (TPSA) is 66.9 Å². The number of rotatable bonds is 4. The molecule has 3 rings (SSSR count). The van der Waals surface area contributed by atoms with Crippen LogP contribution in [-0.2, 0) is 0 Å². The Kier molecular flexibility index (Phi) is 5.86. The van der Waals surface area contributed by atoms with Gasteiger partial charge in [0, 0.05) is 24.1 Å². The first-order chi connectivity index (χ1) is 12.5. The number of hydrogen-bond donors (Lipinski definition) is 2. The molecule has 0 radical (unpaired) electrons. The molecule has 0 aliphatic heterocycles. The zero-order chi connectivity index (χ0) is 18.5. The average Bonchev–Trinajstić information content (AvgIpc) is 2.87. The van der Waals surface area contributed by atoms with Gasteiger partial charge in [-0.05, 0) is 44.7 Å². The summed E-state index contributed by atoms with van der Waals surface area (Å²) >= 11 is 0. The highest BCUT2D eigenvalue weighted by Gasteiger charge is 2.14. The van der Waals surface area contributed by atoms with Crippen LogP contribution in [0, 0.1) is 20.8 Å². The fourth-order valence-electron chi connectivity index (χ4n) is 3.69. The summed E-state index contributed by atoms with van der Waals surface area (Å²) in [6.07, 6.45) is 10.7. The molecule has 26 heavy (non-hydrogen) atoms. The minimum atomic E-state index is -0.180. The van der Waals surface area contributed by atoms with Crippen molar-refractivity contribution < 1.29 is 4.79 Å². The van der Waals surface area contributed by atoms with Gasteiger partial charge in [0.25, 0.3) is 5.91 Å². The number of aromatic nitrogens is 2. The van der Waals surface area contributed by atoms with Crippen molar-refractivity contribution in [3.63, 3.8) is 0 Å². The fraction of sp³-hybridized carbons (Fsp3) is 0.476. The number of nitrogens with zero attached hydrogens (tertiary/aromatic N) is 2. The van der Waals surface area contributed by atoms with Gasteiger partial charge in [-0.15, -0.1) is 0 Å². The summed E-state index contributed by atoms with van der Waals surface area (Å²) in [5.74, 6) is 0.428. The van der Waals surface area contributed by atoms with Crippen molar-refractivity contribution in [3.05, 3.63) is 46.8 Å². The Morgan fingerprint density at radius 2 is 1.54 bits per heavy atom. The monoisotopic (exact) mass is 352 g/mol. The molecule has 5 heteroatoms. The van der Waals surface area contributed by atoms with Crippen molar-refractivity contribution in [2.45, 2.75) is 65.3 Å².